The van der Waals surface area contributed by atoms with E-state index in [2.05, 4.69) is 10.3 Å². The smallest absolute Gasteiger partial charge is 0.416 e. The lowest BCUT2D eigenvalue weighted by Crippen LogP contribution is -2.50. The third kappa shape index (κ3) is 3.72. The number of fused-ring (bicyclic) bond motifs is 1. The van der Waals surface area contributed by atoms with Crippen molar-refractivity contribution >= 4 is 5.91 Å². The summed E-state index contributed by atoms with van der Waals surface area (Å²) in [5.41, 5.74) is -2.21. The van der Waals surface area contributed by atoms with E-state index in [1.807, 2.05) is 0 Å². The van der Waals surface area contributed by atoms with Gasteiger partial charge in [-0.1, -0.05) is 12.1 Å². The lowest BCUT2D eigenvalue weighted by Gasteiger charge is -2.39. The van der Waals surface area contributed by atoms with Gasteiger partial charge in [0.15, 0.2) is 17.4 Å². The van der Waals surface area contributed by atoms with Gasteiger partial charge >= 0.3 is 6.18 Å². The standard InChI is InChI=1S/C22H15F5N2O3/c23-15-10-12(11-16(24)18(15)30)20(31)29-21(7-9-32-17-2-1-8-28-19(17)21)13-3-5-14(6-4-13)22(25,26)27/h1-6,8,10-11,30H,7,9H2,(H,29,31). The maximum atomic E-state index is 13.8. The van der Waals surface area contributed by atoms with E-state index in [4.69, 9.17) is 4.74 Å². The normalized spacial score (nSPS) is 17.9. The van der Waals surface area contributed by atoms with Crippen molar-refractivity contribution in [3.63, 3.8) is 0 Å². The molecule has 3 aromatic rings. The van der Waals surface area contributed by atoms with Crippen LogP contribution in [0.25, 0.3) is 0 Å². The molecule has 0 saturated heterocycles. The summed E-state index contributed by atoms with van der Waals surface area (Å²) in [4.78, 5) is 17.2. The van der Waals surface area contributed by atoms with E-state index in [0.29, 0.717) is 17.9 Å². The molecule has 0 aliphatic carbocycles. The highest BCUT2D eigenvalue weighted by Crippen LogP contribution is 2.41. The van der Waals surface area contributed by atoms with Crippen molar-refractivity contribution in [2.75, 3.05) is 6.61 Å². The van der Waals surface area contributed by atoms with Gasteiger partial charge < -0.3 is 15.2 Å². The summed E-state index contributed by atoms with van der Waals surface area (Å²) in [6.45, 7) is 0.0955. The van der Waals surface area contributed by atoms with Crippen molar-refractivity contribution in [1.82, 2.24) is 10.3 Å². The number of phenols is 1. The molecule has 5 nitrogen and oxygen atoms in total. The first-order valence-corrected chi connectivity index (χ1v) is 9.38. The summed E-state index contributed by atoms with van der Waals surface area (Å²) >= 11 is 0. The number of carbonyl (C=O) groups excluding carboxylic acids is 1. The summed E-state index contributed by atoms with van der Waals surface area (Å²) in [6.07, 6.45) is -3.03. The Balaban J connectivity index is 1.82. The monoisotopic (exact) mass is 450 g/mol. The number of benzene rings is 2. The second kappa shape index (κ2) is 7.77. The van der Waals surface area contributed by atoms with Gasteiger partial charge in [0.25, 0.3) is 5.91 Å². The van der Waals surface area contributed by atoms with E-state index < -0.39 is 46.1 Å². The van der Waals surface area contributed by atoms with Gasteiger partial charge in [-0.15, -0.1) is 0 Å². The molecule has 4 rings (SSSR count). The molecule has 2 aromatic carbocycles. The van der Waals surface area contributed by atoms with Crippen molar-refractivity contribution in [2.24, 2.45) is 0 Å². The van der Waals surface area contributed by atoms with Gasteiger partial charge in [-0.3, -0.25) is 9.78 Å². The SMILES string of the molecule is O=C(NC1(c2ccc(C(F)(F)F)cc2)CCOc2cccnc21)c1cc(F)c(O)c(F)c1. The van der Waals surface area contributed by atoms with E-state index >= 15 is 0 Å². The highest BCUT2D eigenvalue weighted by molar-refractivity contribution is 5.95. The summed E-state index contributed by atoms with van der Waals surface area (Å²) in [6, 6.07) is 8.68. The van der Waals surface area contributed by atoms with Crippen LogP contribution in [-0.4, -0.2) is 22.6 Å². The Morgan fingerprint density at radius 2 is 1.75 bits per heavy atom. The Labute approximate surface area is 178 Å². The second-order valence-electron chi connectivity index (χ2n) is 7.17. The van der Waals surface area contributed by atoms with Crippen molar-refractivity contribution in [1.29, 1.82) is 0 Å². The fourth-order valence-corrected chi connectivity index (χ4v) is 3.64. The van der Waals surface area contributed by atoms with Crippen LogP contribution >= 0.6 is 0 Å². The molecule has 1 atom stereocenters. The molecule has 0 spiro atoms. The number of phenolic OH excluding ortho intramolecular Hbond substituents is 1. The van der Waals surface area contributed by atoms with E-state index in [1.54, 1.807) is 12.1 Å². The molecule has 0 radical (unpaired) electrons. The predicted octanol–water partition coefficient (Wildman–Crippen LogP) is 4.54. The van der Waals surface area contributed by atoms with E-state index in [9.17, 15) is 31.9 Å². The van der Waals surface area contributed by atoms with Gasteiger partial charge in [-0.05, 0) is 42.0 Å². The molecule has 2 N–H and O–H groups in total. The number of ether oxygens (including phenoxy) is 1. The number of hydrogen-bond acceptors (Lipinski definition) is 4. The minimum absolute atomic E-state index is 0.0944. The number of amides is 1. The van der Waals surface area contributed by atoms with Gasteiger partial charge in [0.05, 0.1) is 12.2 Å². The third-order valence-corrected chi connectivity index (χ3v) is 5.22. The number of aromatic nitrogens is 1. The molecular weight excluding hydrogens is 435 g/mol. The predicted molar refractivity (Wildman–Crippen MR) is 102 cm³/mol. The van der Waals surface area contributed by atoms with Crippen molar-refractivity contribution in [2.45, 2.75) is 18.1 Å². The summed E-state index contributed by atoms with van der Waals surface area (Å²) in [5.74, 6) is -4.49. The Morgan fingerprint density at radius 1 is 1.09 bits per heavy atom. The van der Waals surface area contributed by atoms with Crippen LogP contribution < -0.4 is 10.1 Å². The van der Waals surface area contributed by atoms with E-state index in [-0.39, 0.29) is 24.3 Å². The zero-order valence-corrected chi connectivity index (χ0v) is 16.2. The number of halogens is 5. The number of rotatable bonds is 3. The number of nitrogens with one attached hydrogen (secondary N) is 1. The number of nitrogens with zero attached hydrogens (tertiary/aromatic N) is 1. The molecule has 0 saturated carbocycles. The fourth-order valence-electron chi connectivity index (χ4n) is 3.64. The average molecular weight is 450 g/mol. The zero-order chi connectivity index (χ0) is 23.1. The lowest BCUT2D eigenvalue weighted by molar-refractivity contribution is -0.137. The van der Waals surface area contributed by atoms with Crippen LogP contribution in [-0.2, 0) is 11.7 Å². The molecule has 1 aliphatic heterocycles. The molecule has 10 heteroatoms. The Hall–Kier alpha value is -3.69. The topological polar surface area (TPSA) is 71.5 Å². The first-order chi connectivity index (χ1) is 15.1. The average Bonchev–Trinajstić information content (AvgIpc) is 2.76. The Morgan fingerprint density at radius 3 is 2.38 bits per heavy atom. The highest BCUT2D eigenvalue weighted by Gasteiger charge is 2.43. The molecule has 32 heavy (non-hydrogen) atoms. The molecule has 1 aliphatic rings. The third-order valence-electron chi connectivity index (χ3n) is 5.22. The number of aromatic hydroxyl groups is 1. The van der Waals surface area contributed by atoms with Gasteiger partial charge in [-0.25, -0.2) is 8.78 Å². The number of hydrogen-bond donors (Lipinski definition) is 2. The number of pyridine rings is 1. The van der Waals surface area contributed by atoms with Crippen molar-refractivity contribution in [3.8, 4) is 11.5 Å². The van der Waals surface area contributed by atoms with Crippen molar-refractivity contribution < 1.29 is 36.6 Å². The second-order valence-corrected chi connectivity index (χ2v) is 7.17. The van der Waals surface area contributed by atoms with Crippen LogP contribution in [0.2, 0.25) is 0 Å². The maximum Gasteiger partial charge on any atom is 0.416 e. The van der Waals surface area contributed by atoms with Crippen LogP contribution in [0.3, 0.4) is 0 Å². The minimum Gasteiger partial charge on any atom is -0.503 e. The summed E-state index contributed by atoms with van der Waals surface area (Å²) in [7, 11) is 0. The molecule has 1 aromatic heterocycles. The van der Waals surface area contributed by atoms with Crippen LogP contribution in [0, 0.1) is 11.6 Å². The molecule has 1 unspecified atom stereocenters. The molecule has 166 valence electrons. The van der Waals surface area contributed by atoms with Crippen LogP contribution in [0.15, 0.2) is 54.7 Å². The Kier molecular flexibility index (Phi) is 5.23. The maximum absolute atomic E-state index is 13.8. The van der Waals surface area contributed by atoms with Gasteiger partial charge in [0, 0.05) is 18.2 Å². The molecule has 2 heterocycles. The summed E-state index contributed by atoms with van der Waals surface area (Å²) < 4.78 is 72.3. The first kappa shape index (κ1) is 21.5. The van der Waals surface area contributed by atoms with Gasteiger partial charge in [0.1, 0.15) is 17.0 Å². The summed E-state index contributed by atoms with van der Waals surface area (Å²) in [5, 5.41) is 12.0. The number of alkyl halides is 3. The van der Waals surface area contributed by atoms with Gasteiger partial charge in [-0.2, -0.15) is 13.2 Å². The minimum atomic E-state index is -4.55. The quantitative estimate of drug-likeness (QED) is 0.575. The lowest BCUT2D eigenvalue weighted by atomic mass is 9.80. The van der Waals surface area contributed by atoms with E-state index in [0.717, 1.165) is 12.1 Å². The fraction of sp³-hybridized carbons (Fsp3) is 0.182. The van der Waals surface area contributed by atoms with Crippen LogP contribution in [0.4, 0.5) is 22.0 Å². The molecule has 0 fully saturated rings. The van der Waals surface area contributed by atoms with Crippen LogP contribution in [0.1, 0.15) is 33.6 Å². The van der Waals surface area contributed by atoms with Crippen molar-refractivity contribution in [3.05, 3.63) is 88.7 Å². The zero-order valence-electron chi connectivity index (χ0n) is 16.2. The van der Waals surface area contributed by atoms with Crippen LogP contribution in [0.5, 0.6) is 11.5 Å². The van der Waals surface area contributed by atoms with Gasteiger partial charge in [0.2, 0.25) is 0 Å². The molecule has 1 amide bonds. The molecule has 0 bridgehead atoms. The largest absolute Gasteiger partial charge is 0.503 e. The highest BCUT2D eigenvalue weighted by atomic mass is 19.4. The Bertz CT molecular complexity index is 1160. The first-order valence-electron chi connectivity index (χ1n) is 9.38. The number of carbonyl (C=O) groups is 1. The molecular formula is C22H15F5N2O3. The van der Waals surface area contributed by atoms with E-state index in [1.165, 1.54) is 18.3 Å².